The molecule has 1 nitrogen and oxygen atoms in total. The molecule has 1 heteroatoms. The Balaban J connectivity index is 2.60. The molecular weight excluding hydrogens is 88.1 g/mol. The molecule has 38 valence electrons. The van der Waals surface area contributed by atoms with Gasteiger partial charge in [0.2, 0.25) is 0 Å². The standard InChI is InChI=1S/C6H8O/c1-3-5-7-6-4-2/h1-2H,3,5-6H2. The minimum atomic E-state index is 0.372. The van der Waals surface area contributed by atoms with Crippen LogP contribution in [-0.2, 0) is 4.74 Å². The topological polar surface area (TPSA) is 9.23 Å². The van der Waals surface area contributed by atoms with Crippen molar-refractivity contribution >= 4 is 0 Å². The highest BCUT2D eigenvalue weighted by Gasteiger charge is 1.75. The first-order valence-electron chi connectivity index (χ1n) is 2.13. The van der Waals surface area contributed by atoms with E-state index < -0.39 is 0 Å². The molecule has 0 aromatic rings. The first-order valence-corrected chi connectivity index (χ1v) is 2.13. The smallest absolute Gasteiger partial charge is 0.107 e. The number of hydrogen-bond donors (Lipinski definition) is 0. The van der Waals surface area contributed by atoms with Crippen molar-refractivity contribution in [3.05, 3.63) is 6.92 Å². The zero-order valence-corrected chi connectivity index (χ0v) is 4.18. The van der Waals surface area contributed by atoms with Crippen LogP contribution in [0.5, 0.6) is 0 Å². The third-order valence-corrected chi connectivity index (χ3v) is 0.448. The Bertz CT molecular complexity index is 61.1. The summed E-state index contributed by atoms with van der Waals surface area (Å²) in [5.41, 5.74) is 0. The van der Waals surface area contributed by atoms with Gasteiger partial charge in [0.15, 0.2) is 0 Å². The highest BCUT2D eigenvalue weighted by molar-refractivity contribution is 4.82. The normalized spacial score (nSPS) is 8.00. The summed E-state index contributed by atoms with van der Waals surface area (Å²) in [6, 6.07) is 0. The number of hydrogen-bond acceptors (Lipinski definition) is 1. The van der Waals surface area contributed by atoms with Gasteiger partial charge in [-0.2, -0.15) is 0 Å². The first-order chi connectivity index (χ1) is 3.41. The van der Waals surface area contributed by atoms with E-state index in [-0.39, 0.29) is 0 Å². The van der Waals surface area contributed by atoms with E-state index in [4.69, 9.17) is 18.1 Å². The second-order valence-electron chi connectivity index (χ2n) is 1.05. The molecule has 0 aliphatic heterocycles. The second-order valence-corrected chi connectivity index (χ2v) is 1.05. The summed E-state index contributed by atoms with van der Waals surface area (Å²) in [4.78, 5) is 0. The highest BCUT2D eigenvalue weighted by atomic mass is 16.5. The summed E-state index contributed by atoms with van der Waals surface area (Å²) < 4.78 is 4.77. The molecule has 0 amide bonds. The van der Waals surface area contributed by atoms with Crippen molar-refractivity contribution in [1.82, 2.24) is 0 Å². The molecule has 0 spiro atoms. The Hall–Kier alpha value is -0.480. The monoisotopic (exact) mass is 96.1 g/mol. The van der Waals surface area contributed by atoms with E-state index in [0.29, 0.717) is 19.6 Å². The van der Waals surface area contributed by atoms with Crippen LogP contribution in [0.15, 0.2) is 0 Å². The van der Waals surface area contributed by atoms with Gasteiger partial charge in [0.05, 0.1) is 0 Å². The maximum atomic E-state index is 5.08. The van der Waals surface area contributed by atoms with E-state index in [1.165, 1.54) is 0 Å². The molecular formula is C6H8O. The highest BCUT2D eigenvalue weighted by Crippen LogP contribution is 1.75. The van der Waals surface area contributed by atoms with Gasteiger partial charge in [-0.3, -0.25) is 0 Å². The van der Waals surface area contributed by atoms with Crippen molar-refractivity contribution in [2.24, 2.45) is 0 Å². The van der Waals surface area contributed by atoms with Crippen LogP contribution in [0.3, 0.4) is 0 Å². The Morgan fingerprint density at radius 1 is 1.57 bits per heavy atom. The van der Waals surface area contributed by atoms with Gasteiger partial charge >= 0.3 is 0 Å². The van der Waals surface area contributed by atoms with Gasteiger partial charge in [0.25, 0.3) is 0 Å². The van der Waals surface area contributed by atoms with Crippen LogP contribution in [0, 0.1) is 19.3 Å². The molecule has 0 aromatic heterocycles. The minimum Gasteiger partial charge on any atom is -0.369 e. The Morgan fingerprint density at radius 2 is 2.29 bits per heavy atom. The largest absolute Gasteiger partial charge is 0.369 e. The lowest BCUT2D eigenvalue weighted by molar-refractivity contribution is 0.172. The van der Waals surface area contributed by atoms with Gasteiger partial charge in [-0.05, 0) is 13.3 Å². The first kappa shape index (κ1) is 6.52. The van der Waals surface area contributed by atoms with Gasteiger partial charge in [0, 0.05) is 6.61 Å². The molecule has 0 atom stereocenters. The lowest BCUT2D eigenvalue weighted by atomic mass is 10.5. The number of rotatable bonds is 3. The molecule has 0 bridgehead atoms. The molecule has 2 radical (unpaired) electrons. The van der Waals surface area contributed by atoms with E-state index in [9.17, 15) is 0 Å². The third kappa shape index (κ3) is 5.52. The van der Waals surface area contributed by atoms with E-state index >= 15 is 0 Å². The average molecular weight is 96.1 g/mol. The molecule has 0 unspecified atom stereocenters. The number of terminal acetylenes is 1. The van der Waals surface area contributed by atoms with Crippen molar-refractivity contribution in [1.29, 1.82) is 0 Å². The molecule has 0 aromatic carbocycles. The second kappa shape index (κ2) is 5.52. The van der Waals surface area contributed by atoms with Crippen molar-refractivity contribution < 1.29 is 4.74 Å². The summed E-state index contributed by atoms with van der Waals surface area (Å²) in [5, 5.41) is 0. The number of ether oxygens (including phenoxy) is 1. The lowest BCUT2D eigenvalue weighted by Gasteiger charge is -1.91. The Labute approximate surface area is 44.7 Å². The maximum Gasteiger partial charge on any atom is 0.107 e. The van der Waals surface area contributed by atoms with E-state index in [1.807, 2.05) is 0 Å². The van der Waals surface area contributed by atoms with Crippen molar-refractivity contribution in [2.45, 2.75) is 6.42 Å². The summed E-state index contributed by atoms with van der Waals surface area (Å²) in [6.45, 7) is 6.01. The van der Waals surface area contributed by atoms with Gasteiger partial charge in [-0.15, -0.1) is 6.42 Å². The fraction of sp³-hybridized carbons (Fsp3) is 0.500. The van der Waals surface area contributed by atoms with E-state index in [2.05, 4.69) is 5.92 Å². The van der Waals surface area contributed by atoms with Gasteiger partial charge in [-0.1, -0.05) is 5.92 Å². The van der Waals surface area contributed by atoms with Gasteiger partial charge in [0.1, 0.15) is 6.61 Å². The van der Waals surface area contributed by atoms with Gasteiger partial charge in [-0.25, -0.2) is 0 Å². The molecule has 0 aliphatic rings. The van der Waals surface area contributed by atoms with Crippen LogP contribution in [0.4, 0.5) is 0 Å². The fourth-order valence-electron chi connectivity index (χ4n) is 0.214. The minimum absolute atomic E-state index is 0.372. The zero-order chi connectivity index (χ0) is 5.54. The molecule has 0 N–H and O–H groups in total. The van der Waals surface area contributed by atoms with Crippen LogP contribution in [0.2, 0.25) is 0 Å². The van der Waals surface area contributed by atoms with Crippen molar-refractivity contribution in [2.75, 3.05) is 13.2 Å². The molecule has 0 aliphatic carbocycles. The van der Waals surface area contributed by atoms with Crippen LogP contribution in [0.1, 0.15) is 6.42 Å². The van der Waals surface area contributed by atoms with E-state index in [1.54, 1.807) is 0 Å². The molecule has 0 saturated carbocycles. The zero-order valence-electron chi connectivity index (χ0n) is 4.18. The predicted octanol–water partition coefficient (Wildman–Crippen LogP) is 0.737. The Kier molecular flexibility index (Phi) is 5.14. The molecule has 0 saturated heterocycles. The van der Waals surface area contributed by atoms with E-state index in [0.717, 1.165) is 0 Å². The van der Waals surface area contributed by atoms with Crippen LogP contribution in [0.25, 0.3) is 0 Å². The quantitative estimate of drug-likeness (QED) is 0.372. The van der Waals surface area contributed by atoms with Crippen LogP contribution in [-0.4, -0.2) is 13.2 Å². The fourth-order valence-corrected chi connectivity index (χ4v) is 0.214. The summed E-state index contributed by atoms with van der Waals surface area (Å²) in [6.07, 6.45) is 5.40. The molecule has 7 heavy (non-hydrogen) atoms. The molecule has 0 heterocycles. The summed E-state index contributed by atoms with van der Waals surface area (Å²) in [5.74, 6) is 2.32. The van der Waals surface area contributed by atoms with Crippen LogP contribution >= 0.6 is 0 Å². The van der Waals surface area contributed by atoms with Crippen molar-refractivity contribution in [3.8, 4) is 12.3 Å². The average Bonchev–Trinajstić information content (AvgIpc) is 1.69. The van der Waals surface area contributed by atoms with Crippen LogP contribution < -0.4 is 0 Å². The predicted molar refractivity (Wildman–Crippen MR) is 28.6 cm³/mol. The van der Waals surface area contributed by atoms with Crippen molar-refractivity contribution in [3.63, 3.8) is 0 Å². The maximum absolute atomic E-state index is 5.08. The summed E-state index contributed by atoms with van der Waals surface area (Å²) >= 11 is 0. The third-order valence-electron chi connectivity index (χ3n) is 0.448. The lowest BCUT2D eigenvalue weighted by Crippen LogP contribution is -1.90. The van der Waals surface area contributed by atoms with Gasteiger partial charge < -0.3 is 4.74 Å². The Morgan fingerprint density at radius 3 is 2.71 bits per heavy atom. The summed E-state index contributed by atoms with van der Waals surface area (Å²) in [7, 11) is 0. The SMILES string of the molecule is [CH]CCOCC#C. The molecule has 0 rings (SSSR count). The molecule has 0 fully saturated rings.